The van der Waals surface area contributed by atoms with Gasteiger partial charge in [0.05, 0.1) is 0 Å². The third kappa shape index (κ3) is 3.53. The van der Waals surface area contributed by atoms with Crippen molar-refractivity contribution in [2.45, 2.75) is 20.8 Å². The number of anilines is 1. The highest BCUT2D eigenvalue weighted by Crippen LogP contribution is 2.25. The second-order valence-corrected chi connectivity index (χ2v) is 5.02. The molecule has 3 N–H and O–H groups in total. The molecule has 0 radical (unpaired) electrons. The molecule has 1 rings (SSSR count). The molecule has 5 heteroatoms. The van der Waals surface area contributed by atoms with E-state index in [-0.39, 0.29) is 5.84 Å². The molecule has 0 aromatic heterocycles. The van der Waals surface area contributed by atoms with Crippen molar-refractivity contribution in [3.8, 4) is 0 Å². The molecule has 1 aromatic rings. The summed E-state index contributed by atoms with van der Waals surface area (Å²) >= 11 is 5.96. The molecule has 0 saturated heterocycles. The topological polar surface area (TPSA) is 61.8 Å². The van der Waals surface area contributed by atoms with Crippen molar-refractivity contribution in [1.29, 1.82) is 0 Å². The molecule has 100 valence electrons. The first-order valence-corrected chi connectivity index (χ1v) is 6.39. The molecule has 0 aliphatic heterocycles. The number of nitrogens with zero attached hydrogens (tertiary/aromatic N) is 2. The smallest absolute Gasteiger partial charge is 0.172 e. The highest BCUT2D eigenvalue weighted by atomic mass is 35.5. The number of hydrogen-bond donors (Lipinski definition) is 2. The maximum Gasteiger partial charge on any atom is 0.172 e. The fraction of sp³-hybridized carbons (Fsp3) is 0.462. The van der Waals surface area contributed by atoms with Gasteiger partial charge in [-0.2, -0.15) is 0 Å². The lowest BCUT2D eigenvalue weighted by Gasteiger charge is -2.27. The first kappa shape index (κ1) is 14.6. The molecule has 18 heavy (non-hydrogen) atoms. The Kier molecular flexibility index (Phi) is 5.28. The molecule has 0 atom stereocenters. The number of benzene rings is 1. The average Bonchev–Trinajstić information content (AvgIpc) is 2.35. The molecule has 1 aromatic carbocycles. The summed E-state index contributed by atoms with van der Waals surface area (Å²) in [5.74, 6) is 0.607. The lowest BCUT2D eigenvalue weighted by Crippen LogP contribution is -2.30. The zero-order chi connectivity index (χ0) is 13.7. The highest BCUT2D eigenvalue weighted by molar-refractivity contribution is 6.31. The van der Waals surface area contributed by atoms with Crippen LogP contribution in [0, 0.1) is 5.92 Å². The van der Waals surface area contributed by atoms with Crippen LogP contribution < -0.4 is 10.6 Å². The maximum absolute atomic E-state index is 8.84. The second-order valence-electron chi connectivity index (χ2n) is 4.58. The van der Waals surface area contributed by atoms with Gasteiger partial charge in [0.15, 0.2) is 5.84 Å². The van der Waals surface area contributed by atoms with Gasteiger partial charge in [-0.1, -0.05) is 30.6 Å². The predicted molar refractivity (Wildman–Crippen MR) is 76.7 cm³/mol. The standard InChI is InChI=1S/C13H20ClN3O/c1-4-17(8-9(2)3)12-6-5-10(14)7-11(12)13(15)16-18/h5-7,9,18H,4,8H2,1-3H3,(H2,15,16). The monoisotopic (exact) mass is 269 g/mol. The molecule has 0 bridgehead atoms. The molecule has 0 fully saturated rings. The molecule has 0 spiro atoms. The summed E-state index contributed by atoms with van der Waals surface area (Å²) in [4.78, 5) is 2.19. The van der Waals surface area contributed by atoms with Gasteiger partial charge < -0.3 is 15.8 Å². The first-order chi connectivity index (χ1) is 8.49. The number of nitrogens with two attached hydrogens (primary N) is 1. The van der Waals surface area contributed by atoms with Gasteiger partial charge in [-0.25, -0.2) is 0 Å². The van der Waals surface area contributed by atoms with Crippen LogP contribution in [0.1, 0.15) is 26.3 Å². The van der Waals surface area contributed by atoms with Crippen LogP contribution in [0.4, 0.5) is 5.69 Å². The largest absolute Gasteiger partial charge is 0.409 e. The Bertz CT molecular complexity index is 432. The minimum absolute atomic E-state index is 0.0784. The SMILES string of the molecule is CCN(CC(C)C)c1ccc(Cl)cc1C(N)=NO. The van der Waals surface area contributed by atoms with Crippen LogP contribution in [-0.4, -0.2) is 24.1 Å². The molecule has 0 amide bonds. The van der Waals surface area contributed by atoms with Crippen LogP contribution in [0.15, 0.2) is 23.4 Å². The first-order valence-electron chi connectivity index (χ1n) is 6.02. The number of oxime groups is 1. The molecular formula is C13H20ClN3O. The van der Waals surface area contributed by atoms with Gasteiger partial charge >= 0.3 is 0 Å². The summed E-state index contributed by atoms with van der Waals surface area (Å²) < 4.78 is 0. The number of amidine groups is 1. The Balaban J connectivity index is 3.21. The van der Waals surface area contributed by atoms with E-state index in [1.165, 1.54) is 0 Å². The Morgan fingerprint density at radius 1 is 1.50 bits per heavy atom. The van der Waals surface area contributed by atoms with E-state index in [1.807, 2.05) is 12.1 Å². The molecule has 0 unspecified atom stereocenters. The molecule has 0 aliphatic carbocycles. The summed E-state index contributed by atoms with van der Waals surface area (Å²) in [5.41, 5.74) is 7.30. The fourth-order valence-corrected chi connectivity index (χ4v) is 2.05. The lowest BCUT2D eigenvalue weighted by molar-refractivity contribution is 0.318. The van der Waals surface area contributed by atoms with Crippen molar-refractivity contribution in [2.24, 2.45) is 16.8 Å². The van der Waals surface area contributed by atoms with Gasteiger partial charge in [-0.3, -0.25) is 0 Å². The number of hydrogen-bond acceptors (Lipinski definition) is 3. The minimum Gasteiger partial charge on any atom is -0.409 e. The van der Waals surface area contributed by atoms with Gasteiger partial charge in [0.2, 0.25) is 0 Å². The summed E-state index contributed by atoms with van der Waals surface area (Å²) in [7, 11) is 0. The third-order valence-corrected chi connectivity index (χ3v) is 2.89. The third-order valence-electron chi connectivity index (χ3n) is 2.65. The quantitative estimate of drug-likeness (QED) is 0.374. The second kappa shape index (κ2) is 6.50. The normalized spacial score (nSPS) is 11.9. The van der Waals surface area contributed by atoms with Crippen molar-refractivity contribution in [2.75, 3.05) is 18.0 Å². The molecular weight excluding hydrogens is 250 g/mol. The predicted octanol–water partition coefficient (Wildman–Crippen LogP) is 2.92. The summed E-state index contributed by atoms with van der Waals surface area (Å²) in [6, 6.07) is 5.44. The minimum atomic E-state index is 0.0784. The zero-order valence-corrected chi connectivity index (χ0v) is 11.8. The summed E-state index contributed by atoms with van der Waals surface area (Å²) in [5, 5.41) is 12.5. The Labute approximate surface area is 113 Å². The van der Waals surface area contributed by atoms with E-state index in [1.54, 1.807) is 6.07 Å². The van der Waals surface area contributed by atoms with Crippen molar-refractivity contribution in [3.63, 3.8) is 0 Å². The van der Waals surface area contributed by atoms with Gasteiger partial charge in [-0.05, 0) is 31.0 Å². The number of rotatable bonds is 5. The van der Waals surface area contributed by atoms with E-state index < -0.39 is 0 Å². The van der Waals surface area contributed by atoms with E-state index in [4.69, 9.17) is 22.5 Å². The summed E-state index contributed by atoms with van der Waals surface area (Å²) in [6.07, 6.45) is 0. The van der Waals surface area contributed by atoms with E-state index in [9.17, 15) is 0 Å². The van der Waals surface area contributed by atoms with Crippen LogP contribution in [-0.2, 0) is 0 Å². The Morgan fingerprint density at radius 3 is 2.67 bits per heavy atom. The van der Waals surface area contributed by atoms with E-state index in [0.717, 1.165) is 18.8 Å². The van der Waals surface area contributed by atoms with Gasteiger partial charge in [0.1, 0.15) is 0 Å². The van der Waals surface area contributed by atoms with Crippen molar-refractivity contribution in [1.82, 2.24) is 0 Å². The van der Waals surface area contributed by atoms with E-state index in [0.29, 0.717) is 16.5 Å². The van der Waals surface area contributed by atoms with Crippen LogP contribution in [0.25, 0.3) is 0 Å². The van der Waals surface area contributed by atoms with Crippen LogP contribution >= 0.6 is 11.6 Å². The molecule has 4 nitrogen and oxygen atoms in total. The van der Waals surface area contributed by atoms with Crippen molar-refractivity contribution in [3.05, 3.63) is 28.8 Å². The van der Waals surface area contributed by atoms with Gasteiger partial charge in [0, 0.05) is 29.4 Å². The maximum atomic E-state index is 8.84. The average molecular weight is 270 g/mol. The fourth-order valence-electron chi connectivity index (χ4n) is 1.88. The Morgan fingerprint density at radius 2 is 2.17 bits per heavy atom. The molecule has 0 saturated carbocycles. The molecule has 0 aliphatic rings. The van der Waals surface area contributed by atoms with Crippen LogP contribution in [0.5, 0.6) is 0 Å². The highest BCUT2D eigenvalue weighted by Gasteiger charge is 2.14. The van der Waals surface area contributed by atoms with Crippen molar-refractivity contribution >= 4 is 23.1 Å². The number of halogens is 1. The van der Waals surface area contributed by atoms with Crippen LogP contribution in [0.3, 0.4) is 0 Å². The van der Waals surface area contributed by atoms with Crippen molar-refractivity contribution < 1.29 is 5.21 Å². The van der Waals surface area contributed by atoms with Gasteiger partial charge in [0.25, 0.3) is 0 Å². The molecule has 0 heterocycles. The lowest BCUT2D eigenvalue weighted by atomic mass is 10.1. The van der Waals surface area contributed by atoms with E-state index >= 15 is 0 Å². The summed E-state index contributed by atoms with van der Waals surface area (Å²) in [6.45, 7) is 8.14. The van der Waals surface area contributed by atoms with E-state index in [2.05, 4.69) is 30.8 Å². The van der Waals surface area contributed by atoms with Gasteiger partial charge in [-0.15, -0.1) is 0 Å². The zero-order valence-electron chi connectivity index (χ0n) is 11.0. The van der Waals surface area contributed by atoms with Crippen LogP contribution in [0.2, 0.25) is 5.02 Å². The Hall–Kier alpha value is -1.42.